The molecule has 134 valence electrons. The number of urea groups is 1. The zero-order valence-corrected chi connectivity index (χ0v) is 13.5. The molecule has 10 heteroatoms. The van der Waals surface area contributed by atoms with Crippen LogP contribution in [0.3, 0.4) is 0 Å². The molecule has 0 saturated carbocycles. The molecule has 2 aliphatic heterocycles. The van der Waals surface area contributed by atoms with Crippen molar-refractivity contribution >= 4 is 18.0 Å². The number of hydroxylamine groups is 2. The summed E-state index contributed by atoms with van der Waals surface area (Å²) in [5.74, 6) is -1.24. The maximum atomic E-state index is 12.6. The third kappa shape index (κ3) is 2.39. The number of hydrogen-bond acceptors (Lipinski definition) is 5. The van der Waals surface area contributed by atoms with E-state index in [-0.39, 0.29) is 18.8 Å². The van der Waals surface area contributed by atoms with Crippen molar-refractivity contribution < 1.29 is 24.3 Å². The molecule has 10 nitrogen and oxygen atoms in total. The zero-order chi connectivity index (χ0) is 18.4. The number of fused-ring (bicyclic) bond motifs is 4. The van der Waals surface area contributed by atoms with Crippen molar-refractivity contribution in [1.29, 1.82) is 0 Å². The number of primary amides is 1. The first kappa shape index (κ1) is 16.1. The summed E-state index contributed by atoms with van der Waals surface area (Å²) in [4.78, 5) is 42.6. The average molecular weight is 357 g/mol. The molecule has 26 heavy (non-hydrogen) atoms. The summed E-state index contributed by atoms with van der Waals surface area (Å²) in [7, 11) is 0. The first-order valence-corrected chi connectivity index (χ1v) is 7.86. The molecule has 2 aromatic rings. The van der Waals surface area contributed by atoms with Crippen LogP contribution < -0.4 is 5.73 Å². The van der Waals surface area contributed by atoms with Crippen molar-refractivity contribution in [3.05, 3.63) is 53.3 Å². The van der Waals surface area contributed by atoms with Gasteiger partial charge in [0.25, 0.3) is 0 Å². The van der Waals surface area contributed by atoms with Gasteiger partial charge in [0, 0.05) is 11.8 Å². The van der Waals surface area contributed by atoms with E-state index in [1.165, 1.54) is 11.1 Å². The minimum atomic E-state index is -1.29. The molecule has 3 N–H and O–H groups in total. The molecule has 2 unspecified atom stereocenters. The fraction of sp³-hybridized carbons (Fsp3) is 0.250. The summed E-state index contributed by atoms with van der Waals surface area (Å²) in [5, 5.41) is 14.7. The second-order valence-corrected chi connectivity index (χ2v) is 6.03. The van der Waals surface area contributed by atoms with Gasteiger partial charge < -0.3 is 15.7 Å². The van der Waals surface area contributed by atoms with Gasteiger partial charge in [-0.15, -0.1) is 0 Å². The third-order valence-corrected chi connectivity index (χ3v) is 4.46. The molecule has 3 heterocycles. The zero-order valence-electron chi connectivity index (χ0n) is 13.5. The Morgan fingerprint density at radius 1 is 1.31 bits per heavy atom. The summed E-state index contributed by atoms with van der Waals surface area (Å²) < 4.78 is 0.877. The fourth-order valence-electron chi connectivity index (χ4n) is 3.28. The number of carbonyl (C=O) groups excluding carboxylic acids is 2. The first-order chi connectivity index (χ1) is 12.5. The van der Waals surface area contributed by atoms with Crippen molar-refractivity contribution in [2.24, 2.45) is 5.73 Å². The Hall–Kier alpha value is -3.40. The van der Waals surface area contributed by atoms with Gasteiger partial charge in [0.15, 0.2) is 6.04 Å². The SMILES string of the molecule is NC(=O)n1cc2c(n1)C(C(=O)O)N1CC2N(OCc2ccccc2)C1=O. The first-order valence-electron chi connectivity index (χ1n) is 7.86. The molecular formula is C16H15N5O5. The average Bonchev–Trinajstić information content (AvgIpc) is 3.17. The molecule has 1 aromatic heterocycles. The summed E-state index contributed by atoms with van der Waals surface area (Å²) in [5.41, 5.74) is 6.65. The number of nitrogens with two attached hydrogens (primary N) is 1. The van der Waals surface area contributed by atoms with Gasteiger partial charge in [-0.25, -0.2) is 14.4 Å². The molecule has 1 fully saturated rings. The van der Waals surface area contributed by atoms with Crippen LogP contribution in [-0.4, -0.2) is 49.4 Å². The van der Waals surface area contributed by atoms with E-state index in [2.05, 4.69) is 5.10 Å². The minimum Gasteiger partial charge on any atom is -0.479 e. The van der Waals surface area contributed by atoms with E-state index in [1.54, 1.807) is 0 Å². The van der Waals surface area contributed by atoms with Crippen molar-refractivity contribution in [2.75, 3.05) is 6.54 Å². The van der Waals surface area contributed by atoms with Gasteiger partial charge in [-0.05, 0) is 5.56 Å². The number of rotatable bonds is 4. The third-order valence-electron chi connectivity index (χ3n) is 4.46. The monoisotopic (exact) mass is 357 g/mol. The predicted molar refractivity (Wildman–Crippen MR) is 85.5 cm³/mol. The van der Waals surface area contributed by atoms with E-state index in [4.69, 9.17) is 10.6 Å². The number of aromatic nitrogens is 2. The van der Waals surface area contributed by atoms with E-state index < -0.39 is 30.1 Å². The Morgan fingerprint density at radius 2 is 2.04 bits per heavy atom. The van der Waals surface area contributed by atoms with Gasteiger partial charge >= 0.3 is 18.0 Å². The van der Waals surface area contributed by atoms with Crippen molar-refractivity contribution in [3.8, 4) is 0 Å². The smallest absolute Gasteiger partial charge is 0.345 e. The molecule has 1 aromatic carbocycles. The van der Waals surface area contributed by atoms with Crippen LogP contribution in [0.15, 0.2) is 36.5 Å². The lowest BCUT2D eigenvalue weighted by Gasteiger charge is -2.26. The Labute approximate surface area is 147 Å². The number of carboxylic acid groups (broad SMARTS) is 1. The number of carboxylic acids is 1. The highest BCUT2D eigenvalue weighted by Gasteiger charge is 2.53. The maximum Gasteiger partial charge on any atom is 0.345 e. The standard InChI is InChI=1S/C16H15N5O5/c17-15(24)20-6-10-11-7-19(13(14(22)23)12(10)18-20)16(25)21(11)26-8-9-4-2-1-3-5-9/h1-6,11,13H,7-8H2,(H2,17,24)(H,22,23). The largest absolute Gasteiger partial charge is 0.479 e. The molecule has 2 aliphatic rings. The van der Waals surface area contributed by atoms with Crippen molar-refractivity contribution in [1.82, 2.24) is 19.7 Å². The van der Waals surface area contributed by atoms with E-state index in [9.17, 15) is 19.5 Å². The van der Waals surface area contributed by atoms with E-state index >= 15 is 0 Å². The highest BCUT2D eigenvalue weighted by Crippen LogP contribution is 2.43. The van der Waals surface area contributed by atoms with Gasteiger partial charge in [0.1, 0.15) is 18.3 Å². The molecule has 1 saturated heterocycles. The van der Waals surface area contributed by atoms with Crippen LogP contribution in [0, 0.1) is 0 Å². The highest BCUT2D eigenvalue weighted by atomic mass is 16.7. The lowest BCUT2D eigenvalue weighted by Crippen LogP contribution is -2.38. The normalized spacial score (nSPS) is 21.0. The van der Waals surface area contributed by atoms with E-state index in [1.807, 2.05) is 30.3 Å². The molecule has 2 atom stereocenters. The summed E-state index contributed by atoms with van der Waals surface area (Å²) in [6, 6.07) is 6.02. The fourth-order valence-corrected chi connectivity index (χ4v) is 3.28. The molecule has 2 bridgehead atoms. The number of nitrogens with zero attached hydrogens (tertiary/aromatic N) is 4. The van der Waals surface area contributed by atoms with Gasteiger partial charge in [-0.1, -0.05) is 30.3 Å². The summed E-state index contributed by atoms with van der Waals surface area (Å²) in [6.45, 7) is 0.274. The second-order valence-electron chi connectivity index (χ2n) is 6.03. The van der Waals surface area contributed by atoms with Crippen LogP contribution in [-0.2, 0) is 16.2 Å². The van der Waals surface area contributed by atoms with Crippen LogP contribution in [0.2, 0.25) is 0 Å². The minimum absolute atomic E-state index is 0.117. The lowest BCUT2D eigenvalue weighted by atomic mass is 9.98. The number of aliphatic carboxylic acids is 1. The molecule has 0 radical (unpaired) electrons. The van der Waals surface area contributed by atoms with Crippen LogP contribution in [0.5, 0.6) is 0 Å². The Kier molecular flexibility index (Phi) is 3.62. The maximum absolute atomic E-state index is 12.6. The van der Waals surface area contributed by atoms with Crippen LogP contribution in [0.25, 0.3) is 0 Å². The van der Waals surface area contributed by atoms with Gasteiger partial charge in [-0.3, -0.25) is 4.84 Å². The van der Waals surface area contributed by atoms with E-state index in [0.29, 0.717) is 5.56 Å². The summed E-state index contributed by atoms with van der Waals surface area (Å²) in [6.07, 6.45) is 1.35. The topological polar surface area (TPSA) is 131 Å². The van der Waals surface area contributed by atoms with Crippen molar-refractivity contribution in [2.45, 2.75) is 18.7 Å². The van der Waals surface area contributed by atoms with Crippen molar-refractivity contribution in [3.63, 3.8) is 0 Å². The number of benzene rings is 1. The number of carbonyl (C=O) groups is 3. The predicted octanol–water partition coefficient (Wildman–Crippen LogP) is 0.860. The van der Waals surface area contributed by atoms with E-state index in [0.717, 1.165) is 15.3 Å². The van der Waals surface area contributed by atoms with Crippen LogP contribution in [0.1, 0.15) is 28.9 Å². The van der Waals surface area contributed by atoms with Gasteiger partial charge in [0.2, 0.25) is 0 Å². The highest BCUT2D eigenvalue weighted by molar-refractivity contribution is 5.87. The lowest BCUT2D eigenvalue weighted by molar-refractivity contribution is -0.143. The van der Waals surface area contributed by atoms with Gasteiger partial charge in [-0.2, -0.15) is 14.8 Å². The van der Waals surface area contributed by atoms with Crippen LogP contribution in [0.4, 0.5) is 9.59 Å². The molecule has 0 aliphatic carbocycles. The molecular weight excluding hydrogens is 342 g/mol. The quantitative estimate of drug-likeness (QED) is 0.834. The molecule has 0 spiro atoms. The Bertz CT molecular complexity index is 896. The number of hydrogen-bond donors (Lipinski definition) is 2. The van der Waals surface area contributed by atoms with Gasteiger partial charge in [0.05, 0.1) is 6.54 Å². The Balaban J connectivity index is 1.68. The molecule has 3 amide bonds. The van der Waals surface area contributed by atoms with Crippen LogP contribution >= 0.6 is 0 Å². The molecule has 4 rings (SSSR count). The number of amides is 3. The second kappa shape index (κ2) is 5.85. The Morgan fingerprint density at radius 3 is 2.69 bits per heavy atom. The summed E-state index contributed by atoms with van der Waals surface area (Å²) >= 11 is 0.